The first-order chi connectivity index (χ1) is 22.8. The van der Waals surface area contributed by atoms with E-state index < -0.39 is 26.5 Å². The molecular weight excluding hydrogens is 617 g/mol. The highest BCUT2D eigenvalue weighted by atomic mass is 31.2. The molecule has 2 unspecified atom stereocenters. The topological polar surface area (TPSA) is 131 Å². The van der Waals surface area contributed by atoms with Crippen molar-refractivity contribution in [2.75, 3.05) is 26.4 Å². The van der Waals surface area contributed by atoms with E-state index >= 15 is 0 Å². The fraction of sp³-hybridized carbons (Fsp3) is 0.946. The molecule has 2 atom stereocenters. The summed E-state index contributed by atoms with van der Waals surface area (Å²) in [5, 5.41) is 12.5. The van der Waals surface area contributed by atoms with Crippen LogP contribution in [0, 0.1) is 0 Å². The van der Waals surface area contributed by atoms with Crippen molar-refractivity contribution in [2.45, 2.75) is 200 Å². The number of esters is 1. The van der Waals surface area contributed by atoms with E-state index in [1.807, 2.05) is 0 Å². The van der Waals surface area contributed by atoms with Crippen LogP contribution in [-0.2, 0) is 27.9 Å². The normalized spacial score (nSPS) is 13.4. The summed E-state index contributed by atoms with van der Waals surface area (Å²) in [5.41, 5.74) is 0. The van der Waals surface area contributed by atoms with Crippen LogP contribution >= 0.6 is 7.82 Å². The number of amides is 1. The molecule has 0 aliphatic carbocycles. The Hall–Kier alpha value is -0.990. The maximum Gasteiger partial charge on any atom is 0.472 e. The molecule has 0 rings (SSSR count). The SMILES string of the molecule is CCCCCCCCCCCCCCCCCCCCCCCCCC(=O)OCC(O)COP(=O)(O)OCCNC(=O)CCCCC. The minimum absolute atomic E-state index is 0.0820. The molecule has 0 aromatic carbocycles. The van der Waals surface area contributed by atoms with Gasteiger partial charge < -0.3 is 20.1 Å². The van der Waals surface area contributed by atoms with E-state index in [0.717, 1.165) is 38.5 Å². The van der Waals surface area contributed by atoms with Crippen LogP contribution < -0.4 is 5.32 Å². The average Bonchev–Trinajstić information content (AvgIpc) is 3.05. The molecule has 0 fully saturated rings. The van der Waals surface area contributed by atoms with Gasteiger partial charge in [0, 0.05) is 19.4 Å². The second-order valence-electron chi connectivity index (χ2n) is 13.3. The highest BCUT2D eigenvalue weighted by Crippen LogP contribution is 2.42. The van der Waals surface area contributed by atoms with Gasteiger partial charge in [0.1, 0.15) is 12.7 Å². The molecule has 3 N–H and O–H groups in total. The molecule has 0 spiro atoms. The van der Waals surface area contributed by atoms with Crippen molar-refractivity contribution in [3.05, 3.63) is 0 Å². The van der Waals surface area contributed by atoms with Crippen LogP contribution in [-0.4, -0.2) is 54.3 Å². The van der Waals surface area contributed by atoms with Gasteiger partial charge in [-0.15, -0.1) is 0 Å². The van der Waals surface area contributed by atoms with Crippen molar-refractivity contribution < 1.29 is 37.9 Å². The van der Waals surface area contributed by atoms with Crippen LogP contribution in [0.4, 0.5) is 0 Å². The van der Waals surface area contributed by atoms with Gasteiger partial charge in [-0.1, -0.05) is 168 Å². The summed E-state index contributed by atoms with van der Waals surface area (Å²) in [6, 6.07) is 0. The quantitative estimate of drug-likeness (QED) is 0.0333. The van der Waals surface area contributed by atoms with Crippen molar-refractivity contribution >= 4 is 19.7 Å². The Morgan fingerprint density at radius 2 is 0.957 bits per heavy atom. The summed E-state index contributed by atoms with van der Waals surface area (Å²) in [5.74, 6) is -0.533. The molecule has 0 aromatic heterocycles. The molecule has 0 radical (unpaired) electrons. The number of aliphatic hydroxyl groups is 1. The molecule has 0 bridgehead atoms. The summed E-state index contributed by atoms with van der Waals surface area (Å²) >= 11 is 0. The summed E-state index contributed by atoms with van der Waals surface area (Å²) in [4.78, 5) is 33.3. The fourth-order valence-corrected chi connectivity index (χ4v) is 6.31. The van der Waals surface area contributed by atoms with Crippen LogP contribution in [0.3, 0.4) is 0 Å². The predicted molar refractivity (Wildman–Crippen MR) is 192 cm³/mol. The maximum atomic E-state index is 11.9. The van der Waals surface area contributed by atoms with Crippen LogP contribution in [0.25, 0.3) is 0 Å². The number of rotatable bonds is 37. The highest BCUT2D eigenvalue weighted by molar-refractivity contribution is 7.47. The first-order valence-corrected chi connectivity index (χ1v) is 21.0. The van der Waals surface area contributed by atoms with Gasteiger partial charge in [0.25, 0.3) is 0 Å². The highest BCUT2D eigenvalue weighted by Gasteiger charge is 2.23. The van der Waals surface area contributed by atoms with Crippen LogP contribution in [0.1, 0.15) is 194 Å². The summed E-state index contributed by atoms with van der Waals surface area (Å²) in [6.07, 6.45) is 32.7. The molecule has 1 amide bonds. The third-order valence-corrected chi connectivity index (χ3v) is 9.52. The molecule has 0 saturated heterocycles. The number of ether oxygens (including phenoxy) is 1. The van der Waals surface area contributed by atoms with Gasteiger partial charge in [-0.2, -0.15) is 0 Å². The largest absolute Gasteiger partial charge is 0.472 e. The number of phosphoric acid groups is 1. The average molecular weight is 692 g/mol. The number of phosphoric ester groups is 1. The van der Waals surface area contributed by atoms with E-state index in [0.29, 0.717) is 12.8 Å². The second kappa shape index (κ2) is 34.9. The Morgan fingerprint density at radius 1 is 0.574 bits per heavy atom. The van der Waals surface area contributed by atoms with Crippen molar-refractivity contribution in [3.8, 4) is 0 Å². The Morgan fingerprint density at radius 3 is 1.40 bits per heavy atom. The minimum Gasteiger partial charge on any atom is -0.463 e. The third-order valence-electron chi connectivity index (χ3n) is 8.54. The van der Waals surface area contributed by atoms with Crippen LogP contribution in [0.2, 0.25) is 0 Å². The Bertz CT molecular complexity index is 754. The van der Waals surface area contributed by atoms with Gasteiger partial charge >= 0.3 is 13.8 Å². The number of carbonyl (C=O) groups is 2. The van der Waals surface area contributed by atoms with E-state index in [1.54, 1.807) is 0 Å². The Labute approximate surface area is 288 Å². The monoisotopic (exact) mass is 692 g/mol. The molecule has 0 saturated carbocycles. The Kier molecular flexibility index (Phi) is 34.1. The number of hydrogen-bond donors (Lipinski definition) is 3. The van der Waals surface area contributed by atoms with Crippen molar-refractivity contribution in [2.24, 2.45) is 0 Å². The van der Waals surface area contributed by atoms with Gasteiger partial charge in [0.05, 0.1) is 13.2 Å². The Balaban J connectivity index is 3.44. The fourth-order valence-electron chi connectivity index (χ4n) is 5.56. The molecule has 9 nitrogen and oxygen atoms in total. The zero-order valence-electron chi connectivity index (χ0n) is 30.5. The van der Waals surface area contributed by atoms with Crippen molar-refractivity contribution in [1.29, 1.82) is 0 Å². The van der Waals surface area contributed by atoms with Gasteiger partial charge in [-0.05, 0) is 12.8 Å². The van der Waals surface area contributed by atoms with E-state index in [9.17, 15) is 24.2 Å². The number of nitrogens with one attached hydrogen (secondary N) is 1. The lowest BCUT2D eigenvalue weighted by Crippen LogP contribution is -2.27. The molecule has 10 heteroatoms. The molecule has 0 aromatic rings. The number of hydrogen-bond acceptors (Lipinski definition) is 7. The van der Waals surface area contributed by atoms with Gasteiger partial charge in [-0.3, -0.25) is 18.6 Å². The molecule has 280 valence electrons. The predicted octanol–water partition coefficient (Wildman–Crippen LogP) is 10.1. The first-order valence-electron chi connectivity index (χ1n) is 19.5. The van der Waals surface area contributed by atoms with E-state index in [2.05, 4.69) is 19.2 Å². The van der Waals surface area contributed by atoms with Gasteiger partial charge in [0.15, 0.2) is 0 Å². The molecule has 0 heterocycles. The lowest BCUT2D eigenvalue weighted by molar-refractivity contribution is -0.147. The zero-order valence-corrected chi connectivity index (χ0v) is 31.4. The second-order valence-corrected chi connectivity index (χ2v) is 14.7. The molecular formula is C37H74NO8P. The minimum atomic E-state index is -4.38. The molecule has 47 heavy (non-hydrogen) atoms. The molecule has 0 aliphatic rings. The van der Waals surface area contributed by atoms with Crippen molar-refractivity contribution in [3.63, 3.8) is 0 Å². The third kappa shape index (κ3) is 36.1. The van der Waals surface area contributed by atoms with E-state index in [4.69, 9.17) is 13.8 Å². The lowest BCUT2D eigenvalue weighted by atomic mass is 10.0. The van der Waals surface area contributed by atoms with E-state index in [1.165, 1.54) is 128 Å². The number of aliphatic hydroxyl groups excluding tert-OH is 1. The van der Waals surface area contributed by atoms with E-state index in [-0.39, 0.29) is 25.7 Å². The lowest BCUT2D eigenvalue weighted by Gasteiger charge is -2.15. The number of unbranched alkanes of at least 4 members (excludes halogenated alkanes) is 24. The smallest absolute Gasteiger partial charge is 0.463 e. The van der Waals surface area contributed by atoms with Crippen molar-refractivity contribution in [1.82, 2.24) is 5.32 Å². The maximum absolute atomic E-state index is 11.9. The van der Waals surface area contributed by atoms with Crippen LogP contribution in [0.5, 0.6) is 0 Å². The first kappa shape index (κ1) is 46.0. The van der Waals surface area contributed by atoms with Crippen LogP contribution in [0.15, 0.2) is 0 Å². The van der Waals surface area contributed by atoms with Gasteiger partial charge in [0.2, 0.25) is 5.91 Å². The summed E-state index contributed by atoms with van der Waals surface area (Å²) in [7, 11) is -4.38. The molecule has 0 aliphatic heterocycles. The number of carbonyl (C=O) groups excluding carboxylic acids is 2. The summed E-state index contributed by atoms with van der Waals surface area (Å²) < 4.78 is 26.5. The summed E-state index contributed by atoms with van der Waals surface area (Å²) in [6.45, 7) is 3.39. The van der Waals surface area contributed by atoms with Gasteiger partial charge in [-0.25, -0.2) is 4.57 Å². The zero-order chi connectivity index (χ0) is 34.7. The standard InChI is InChI=1S/C37H74NO8P/c1-3-5-7-8-9-10-11-12-13-14-15-16-17-18-19-20-21-22-23-24-25-26-28-30-37(41)44-33-35(39)34-46-47(42,43)45-32-31-38-36(40)29-27-6-4-2/h35,39H,3-34H2,1-2H3,(H,38,40)(H,42,43).